The van der Waals surface area contributed by atoms with Crippen LogP contribution in [0.2, 0.25) is 5.02 Å². The number of halogens is 1. The molecular weight excluding hydrogens is 388 g/mol. The summed E-state index contributed by atoms with van der Waals surface area (Å²) >= 11 is 7.23. The van der Waals surface area contributed by atoms with Gasteiger partial charge in [0.2, 0.25) is 0 Å². The summed E-state index contributed by atoms with van der Waals surface area (Å²) in [5, 5.41) is 24.0. The van der Waals surface area contributed by atoms with Crippen molar-refractivity contribution in [2.24, 2.45) is 0 Å². The molecule has 0 radical (unpaired) electrons. The number of aromatic hydroxyl groups is 1. The average Bonchev–Trinajstić information content (AvgIpc) is 2.65. The lowest BCUT2D eigenvalue weighted by atomic mass is 10.1. The van der Waals surface area contributed by atoms with Crippen LogP contribution in [0.1, 0.15) is 17.4 Å². The predicted molar refractivity (Wildman–Crippen MR) is 104 cm³/mol. The fourth-order valence-electron chi connectivity index (χ4n) is 2.40. The Morgan fingerprint density at radius 1 is 1.11 bits per heavy atom. The highest BCUT2D eigenvalue weighted by atomic mass is 35.5. The lowest BCUT2D eigenvalue weighted by Crippen LogP contribution is -2.38. The number of nitrogens with zero attached hydrogens (tertiary/aromatic N) is 1. The molecule has 0 aliphatic heterocycles. The molecule has 1 heterocycles. The number of pyridine rings is 1. The summed E-state index contributed by atoms with van der Waals surface area (Å²) in [6.45, 7) is 1.34. The first kappa shape index (κ1) is 19.0. The van der Waals surface area contributed by atoms with Gasteiger partial charge in [0, 0.05) is 20.7 Å². The summed E-state index contributed by atoms with van der Waals surface area (Å²) < 4.78 is 0. The number of carbonyl (C=O) groups is 2. The summed E-state index contributed by atoms with van der Waals surface area (Å²) in [6.07, 6.45) is 0. The first-order valence-corrected chi connectivity index (χ1v) is 9.15. The van der Waals surface area contributed by atoms with E-state index in [9.17, 15) is 14.7 Å². The number of carboxylic acids is 1. The van der Waals surface area contributed by atoms with Crippen LogP contribution in [0.5, 0.6) is 5.75 Å². The second-order valence-corrected chi connectivity index (χ2v) is 7.25. The van der Waals surface area contributed by atoms with Crippen molar-refractivity contribution in [2.45, 2.75) is 22.9 Å². The third-order valence-corrected chi connectivity index (χ3v) is 5.08. The molecule has 0 aliphatic rings. The molecule has 3 aromatic rings. The van der Waals surface area contributed by atoms with Crippen LogP contribution >= 0.6 is 23.4 Å². The fraction of sp³-hybridized carbons (Fsp3) is 0.105. The molecule has 3 rings (SSSR count). The number of amides is 1. The monoisotopic (exact) mass is 402 g/mol. The predicted octanol–water partition coefficient (Wildman–Crippen LogP) is 3.95. The molecule has 1 aromatic heterocycles. The molecule has 0 saturated heterocycles. The Hall–Kier alpha value is -2.77. The van der Waals surface area contributed by atoms with Crippen molar-refractivity contribution in [2.75, 3.05) is 0 Å². The van der Waals surface area contributed by atoms with Crippen molar-refractivity contribution in [3.8, 4) is 5.75 Å². The van der Waals surface area contributed by atoms with Crippen LogP contribution in [0, 0.1) is 0 Å². The van der Waals surface area contributed by atoms with E-state index < -0.39 is 17.9 Å². The highest BCUT2D eigenvalue weighted by molar-refractivity contribution is 7.99. The molecule has 3 N–H and O–H groups in total. The zero-order chi connectivity index (χ0) is 19.6. The molecule has 0 bridgehead atoms. The first-order valence-electron chi connectivity index (χ1n) is 7.95. The van der Waals surface area contributed by atoms with Crippen molar-refractivity contribution in [3.05, 3.63) is 59.2 Å². The molecule has 8 heteroatoms. The molecule has 0 spiro atoms. The molecule has 2 aromatic carbocycles. The zero-order valence-electron chi connectivity index (χ0n) is 14.1. The number of hydrogen-bond donors (Lipinski definition) is 3. The van der Waals surface area contributed by atoms with Crippen LogP contribution in [0.15, 0.2) is 58.5 Å². The van der Waals surface area contributed by atoms with Crippen LogP contribution in [0.25, 0.3) is 10.8 Å². The van der Waals surface area contributed by atoms with Crippen molar-refractivity contribution in [1.29, 1.82) is 0 Å². The van der Waals surface area contributed by atoms with Gasteiger partial charge in [0.25, 0.3) is 5.91 Å². The third-order valence-electron chi connectivity index (χ3n) is 3.81. The minimum absolute atomic E-state index is 0.224. The van der Waals surface area contributed by atoms with E-state index in [1.165, 1.54) is 18.7 Å². The van der Waals surface area contributed by atoms with Gasteiger partial charge in [0.05, 0.1) is 0 Å². The molecular formula is C19H15ClN2O4S. The second-order valence-electron chi connectivity index (χ2n) is 5.75. The molecule has 1 amide bonds. The average molecular weight is 403 g/mol. The summed E-state index contributed by atoms with van der Waals surface area (Å²) in [5.41, 5.74) is -0.224. The Balaban J connectivity index is 2.07. The SMILES string of the molecule is C[C@H](NC(=O)c1nc(Sc2ccc(Cl)cc2)c2ccccc2c1O)C(=O)O. The van der Waals surface area contributed by atoms with E-state index in [1.807, 2.05) is 18.2 Å². The van der Waals surface area contributed by atoms with Gasteiger partial charge in [-0.3, -0.25) is 9.59 Å². The maximum Gasteiger partial charge on any atom is 0.325 e. The van der Waals surface area contributed by atoms with Gasteiger partial charge in [-0.2, -0.15) is 0 Å². The Kier molecular flexibility index (Phi) is 5.53. The number of nitrogens with one attached hydrogen (secondary N) is 1. The van der Waals surface area contributed by atoms with E-state index in [0.717, 1.165) is 4.90 Å². The molecule has 0 unspecified atom stereocenters. The number of aliphatic carboxylic acids is 1. The van der Waals surface area contributed by atoms with Crippen LogP contribution in [0.4, 0.5) is 0 Å². The van der Waals surface area contributed by atoms with E-state index in [4.69, 9.17) is 16.7 Å². The number of hydrogen-bond acceptors (Lipinski definition) is 5. The van der Waals surface area contributed by atoms with Crippen LogP contribution < -0.4 is 5.32 Å². The van der Waals surface area contributed by atoms with Gasteiger partial charge < -0.3 is 15.5 Å². The molecule has 138 valence electrons. The Labute approximate surface area is 164 Å². The van der Waals surface area contributed by atoms with Crippen LogP contribution in [-0.2, 0) is 4.79 Å². The molecule has 6 nitrogen and oxygen atoms in total. The van der Waals surface area contributed by atoms with E-state index >= 15 is 0 Å². The minimum Gasteiger partial charge on any atom is -0.505 e. The van der Waals surface area contributed by atoms with Gasteiger partial charge in [0.15, 0.2) is 11.4 Å². The summed E-state index contributed by atoms with van der Waals surface area (Å²) in [4.78, 5) is 28.6. The standard InChI is InChI=1S/C19H15ClN2O4S/c1-10(19(25)26)21-17(24)15-16(23)13-4-2-3-5-14(13)18(22-15)27-12-8-6-11(20)7-9-12/h2-10,23H,1H3,(H,21,24)(H,25,26)/t10-/m0/s1. The van der Waals surface area contributed by atoms with Gasteiger partial charge in [-0.1, -0.05) is 47.6 Å². The van der Waals surface area contributed by atoms with E-state index in [2.05, 4.69) is 10.3 Å². The summed E-state index contributed by atoms with van der Waals surface area (Å²) in [7, 11) is 0. The number of benzene rings is 2. The van der Waals surface area contributed by atoms with E-state index in [1.54, 1.807) is 30.3 Å². The van der Waals surface area contributed by atoms with E-state index in [-0.39, 0.29) is 11.4 Å². The van der Waals surface area contributed by atoms with E-state index in [0.29, 0.717) is 20.8 Å². The van der Waals surface area contributed by atoms with Gasteiger partial charge in [-0.05, 0) is 31.2 Å². The van der Waals surface area contributed by atoms with Gasteiger partial charge in [-0.15, -0.1) is 0 Å². The second kappa shape index (κ2) is 7.85. The Morgan fingerprint density at radius 2 is 1.74 bits per heavy atom. The lowest BCUT2D eigenvalue weighted by molar-refractivity contribution is -0.138. The van der Waals surface area contributed by atoms with Crippen molar-refractivity contribution >= 4 is 46.0 Å². The van der Waals surface area contributed by atoms with Crippen molar-refractivity contribution in [3.63, 3.8) is 0 Å². The molecule has 27 heavy (non-hydrogen) atoms. The first-order chi connectivity index (χ1) is 12.9. The number of rotatable bonds is 5. The molecule has 1 atom stereocenters. The van der Waals surface area contributed by atoms with Gasteiger partial charge in [-0.25, -0.2) is 4.98 Å². The topological polar surface area (TPSA) is 99.5 Å². The Bertz CT molecular complexity index is 1020. The van der Waals surface area contributed by atoms with Crippen molar-refractivity contribution < 1.29 is 19.8 Å². The maximum absolute atomic E-state index is 12.4. The summed E-state index contributed by atoms with van der Waals surface area (Å²) in [6, 6.07) is 13.0. The van der Waals surface area contributed by atoms with Crippen molar-refractivity contribution in [1.82, 2.24) is 10.3 Å². The van der Waals surface area contributed by atoms with Gasteiger partial charge >= 0.3 is 5.97 Å². The summed E-state index contributed by atoms with van der Waals surface area (Å²) in [5.74, 6) is -2.23. The van der Waals surface area contributed by atoms with Gasteiger partial charge in [0.1, 0.15) is 11.1 Å². The lowest BCUT2D eigenvalue weighted by Gasteiger charge is -2.13. The number of fused-ring (bicyclic) bond motifs is 1. The largest absolute Gasteiger partial charge is 0.505 e. The molecule has 0 aliphatic carbocycles. The molecule has 0 saturated carbocycles. The normalized spacial score (nSPS) is 11.9. The van der Waals surface area contributed by atoms with Crippen LogP contribution in [-0.4, -0.2) is 33.1 Å². The molecule has 0 fully saturated rings. The number of aromatic nitrogens is 1. The number of carbonyl (C=O) groups excluding carboxylic acids is 1. The smallest absolute Gasteiger partial charge is 0.325 e. The fourth-order valence-corrected chi connectivity index (χ4v) is 3.44. The highest BCUT2D eigenvalue weighted by Gasteiger charge is 2.22. The maximum atomic E-state index is 12.4. The highest BCUT2D eigenvalue weighted by Crippen LogP contribution is 2.37. The zero-order valence-corrected chi connectivity index (χ0v) is 15.7. The van der Waals surface area contributed by atoms with Crippen LogP contribution in [0.3, 0.4) is 0 Å². The quantitative estimate of drug-likeness (QED) is 0.597. The number of carboxylic acid groups (broad SMARTS) is 1. The minimum atomic E-state index is -1.18. The Morgan fingerprint density at radius 3 is 2.37 bits per heavy atom. The third kappa shape index (κ3) is 4.15.